The van der Waals surface area contributed by atoms with Crippen molar-refractivity contribution in [1.82, 2.24) is 10.3 Å². The third-order valence-corrected chi connectivity index (χ3v) is 3.83. The van der Waals surface area contributed by atoms with Gasteiger partial charge in [-0.05, 0) is 18.7 Å². The van der Waals surface area contributed by atoms with Crippen molar-refractivity contribution < 1.29 is 9.47 Å². The number of aromatic nitrogens is 1. The van der Waals surface area contributed by atoms with E-state index in [-0.39, 0.29) is 0 Å². The lowest BCUT2D eigenvalue weighted by molar-refractivity contribution is 0.299. The fraction of sp³-hybridized carbons (Fsp3) is 0.357. The molecule has 2 heterocycles. The molecule has 5 heteroatoms. The standard InChI is InChI=1S/C14H16N2O2S/c1-2-16-13-8-18-14-5-10(3-4-12(13)14)17-7-11-6-15-9-19-11/h3-6,9,13,16H,2,7-8H2,1H3. The zero-order valence-electron chi connectivity index (χ0n) is 10.8. The molecule has 0 radical (unpaired) electrons. The highest BCUT2D eigenvalue weighted by Gasteiger charge is 2.23. The van der Waals surface area contributed by atoms with Gasteiger partial charge in [0, 0.05) is 17.8 Å². The van der Waals surface area contributed by atoms with E-state index in [2.05, 4.69) is 23.3 Å². The van der Waals surface area contributed by atoms with E-state index in [9.17, 15) is 0 Å². The molecule has 0 fully saturated rings. The van der Waals surface area contributed by atoms with Crippen molar-refractivity contribution in [2.45, 2.75) is 19.6 Å². The Morgan fingerprint density at radius 2 is 2.47 bits per heavy atom. The number of likely N-dealkylation sites (N-methyl/N-ethyl adjacent to an activating group) is 1. The van der Waals surface area contributed by atoms with Gasteiger partial charge in [-0.15, -0.1) is 11.3 Å². The fourth-order valence-electron chi connectivity index (χ4n) is 2.16. The molecule has 0 saturated heterocycles. The molecular weight excluding hydrogens is 260 g/mol. The van der Waals surface area contributed by atoms with Gasteiger partial charge in [-0.3, -0.25) is 4.98 Å². The summed E-state index contributed by atoms with van der Waals surface area (Å²) >= 11 is 1.60. The van der Waals surface area contributed by atoms with Crippen LogP contribution in [0, 0.1) is 0 Å². The molecule has 0 aliphatic carbocycles. The van der Waals surface area contributed by atoms with Gasteiger partial charge in [0.25, 0.3) is 0 Å². The van der Waals surface area contributed by atoms with Crippen LogP contribution in [0.1, 0.15) is 23.4 Å². The Balaban J connectivity index is 1.68. The van der Waals surface area contributed by atoms with Crippen LogP contribution in [0.5, 0.6) is 11.5 Å². The smallest absolute Gasteiger partial charge is 0.128 e. The SMILES string of the molecule is CCNC1COc2cc(OCc3cncs3)ccc21. The van der Waals surface area contributed by atoms with E-state index in [0.29, 0.717) is 19.3 Å². The van der Waals surface area contributed by atoms with Gasteiger partial charge < -0.3 is 14.8 Å². The zero-order valence-corrected chi connectivity index (χ0v) is 11.6. The van der Waals surface area contributed by atoms with Crippen LogP contribution in [-0.2, 0) is 6.61 Å². The van der Waals surface area contributed by atoms with Crippen LogP contribution in [-0.4, -0.2) is 18.1 Å². The first-order valence-corrected chi connectivity index (χ1v) is 7.25. The summed E-state index contributed by atoms with van der Waals surface area (Å²) in [5.41, 5.74) is 3.03. The van der Waals surface area contributed by atoms with Gasteiger partial charge in [0.05, 0.1) is 16.4 Å². The molecule has 4 nitrogen and oxygen atoms in total. The second-order valence-electron chi connectivity index (χ2n) is 4.38. The normalized spacial score (nSPS) is 17.0. The van der Waals surface area contributed by atoms with Crippen LogP contribution in [0.25, 0.3) is 0 Å². The van der Waals surface area contributed by atoms with E-state index >= 15 is 0 Å². The first-order valence-electron chi connectivity index (χ1n) is 6.37. The van der Waals surface area contributed by atoms with Crippen molar-refractivity contribution >= 4 is 11.3 Å². The summed E-state index contributed by atoms with van der Waals surface area (Å²) in [6, 6.07) is 6.35. The first kappa shape index (κ1) is 12.4. The minimum atomic E-state index is 0.301. The van der Waals surface area contributed by atoms with Gasteiger partial charge in [-0.25, -0.2) is 0 Å². The van der Waals surface area contributed by atoms with Gasteiger partial charge in [-0.1, -0.05) is 6.92 Å². The Morgan fingerprint density at radius 1 is 1.53 bits per heavy atom. The van der Waals surface area contributed by atoms with Gasteiger partial charge in [0.2, 0.25) is 0 Å². The number of hydrogen-bond donors (Lipinski definition) is 1. The van der Waals surface area contributed by atoms with Gasteiger partial charge >= 0.3 is 0 Å². The number of nitrogens with one attached hydrogen (secondary N) is 1. The predicted molar refractivity (Wildman–Crippen MR) is 74.8 cm³/mol. The van der Waals surface area contributed by atoms with Crippen LogP contribution in [0.3, 0.4) is 0 Å². The maximum Gasteiger partial charge on any atom is 0.128 e. The Morgan fingerprint density at radius 3 is 3.26 bits per heavy atom. The molecule has 1 aliphatic heterocycles. The van der Waals surface area contributed by atoms with Crippen LogP contribution in [0.2, 0.25) is 0 Å². The van der Waals surface area contributed by atoms with Crippen molar-refractivity contribution in [1.29, 1.82) is 0 Å². The summed E-state index contributed by atoms with van der Waals surface area (Å²) in [6.07, 6.45) is 1.83. The van der Waals surface area contributed by atoms with E-state index in [1.54, 1.807) is 11.3 Å². The largest absolute Gasteiger partial charge is 0.491 e. The Bertz CT molecular complexity index is 542. The highest BCUT2D eigenvalue weighted by atomic mass is 32.1. The van der Waals surface area contributed by atoms with Crippen molar-refractivity contribution in [2.24, 2.45) is 0 Å². The molecule has 3 rings (SSSR count). The van der Waals surface area contributed by atoms with Crippen molar-refractivity contribution in [2.75, 3.05) is 13.2 Å². The molecule has 0 bridgehead atoms. The molecule has 1 aromatic carbocycles. The van der Waals surface area contributed by atoms with Crippen LogP contribution >= 0.6 is 11.3 Å². The molecule has 1 N–H and O–H groups in total. The minimum Gasteiger partial charge on any atom is -0.491 e. The summed E-state index contributed by atoms with van der Waals surface area (Å²) in [5.74, 6) is 1.76. The second kappa shape index (κ2) is 5.59. The number of thiazole rings is 1. The Labute approximate surface area is 116 Å². The molecule has 2 aromatic rings. The van der Waals surface area contributed by atoms with E-state index in [0.717, 1.165) is 22.9 Å². The highest BCUT2D eigenvalue weighted by Crippen LogP contribution is 2.35. The van der Waals surface area contributed by atoms with E-state index in [4.69, 9.17) is 9.47 Å². The summed E-state index contributed by atoms with van der Waals surface area (Å²) in [7, 11) is 0. The fourth-order valence-corrected chi connectivity index (χ4v) is 2.67. The number of hydrogen-bond acceptors (Lipinski definition) is 5. The lowest BCUT2D eigenvalue weighted by Gasteiger charge is -2.09. The molecule has 19 heavy (non-hydrogen) atoms. The predicted octanol–water partition coefficient (Wildman–Crippen LogP) is 2.77. The Hall–Kier alpha value is -1.59. The second-order valence-corrected chi connectivity index (χ2v) is 5.35. The molecule has 0 amide bonds. The zero-order chi connectivity index (χ0) is 13.1. The number of nitrogens with zero attached hydrogens (tertiary/aromatic N) is 1. The maximum atomic E-state index is 5.74. The number of rotatable bonds is 5. The lowest BCUT2D eigenvalue weighted by Crippen LogP contribution is -2.21. The van der Waals surface area contributed by atoms with E-state index in [1.807, 2.05) is 23.8 Å². The molecule has 1 unspecified atom stereocenters. The third kappa shape index (κ3) is 2.72. The maximum absolute atomic E-state index is 5.74. The molecule has 1 aromatic heterocycles. The minimum absolute atomic E-state index is 0.301. The Kier molecular flexibility index (Phi) is 3.66. The van der Waals surface area contributed by atoms with Crippen LogP contribution in [0.4, 0.5) is 0 Å². The van der Waals surface area contributed by atoms with Gasteiger partial charge in [-0.2, -0.15) is 0 Å². The molecule has 1 atom stereocenters. The molecule has 1 aliphatic rings. The number of fused-ring (bicyclic) bond motifs is 1. The van der Waals surface area contributed by atoms with Crippen molar-refractivity contribution in [3.63, 3.8) is 0 Å². The highest BCUT2D eigenvalue weighted by molar-refractivity contribution is 7.09. The van der Waals surface area contributed by atoms with E-state index < -0.39 is 0 Å². The lowest BCUT2D eigenvalue weighted by atomic mass is 10.1. The molecule has 0 spiro atoms. The number of benzene rings is 1. The quantitative estimate of drug-likeness (QED) is 0.912. The van der Waals surface area contributed by atoms with Crippen LogP contribution in [0.15, 0.2) is 29.9 Å². The number of ether oxygens (including phenoxy) is 2. The first-order chi connectivity index (χ1) is 9.36. The van der Waals surface area contributed by atoms with Gasteiger partial charge in [0.15, 0.2) is 0 Å². The monoisotopic (exact) mass is 276 g/mol. The molecular formula is C14H16N2O2S. The average Bonchev–Trinajstić information content (AvgIpc) is 3.06. The third-order valence-electron chi connectivity index (χ3n) is 3.08. The van der Waals surface area contributed by atoms with Crippen molar-refractivity contribution in [3.8, 4) is 11.5 Å². The summed E-state index contributed by atoms with van der Waals surface area (Å²) in [5, 5.41) is 3.40. The summed E-state index contributed by atoms with van der Waals surface area (Å²) in [6.45, 7) is 4.29. The van der Waals surface area contributed by atoms with E-state index in [1.165, 1.54) is 5.56 Å². The summed E-state index contributed by atoms with van der Waals surface area (Å²) in [4.78, 5) is 5.15. The van der Waals surface area contributed by atoms with Crippen molar-refractivity contribution in [3.05, 3.63) is 40.3 Å². The average molecular weight is 276 g/mol. The van der Waals surface area contributed by atoms with Crippen LogP contribution < -0.4 is 14.8 Å². The van der Waals surface area contributed by atoms with Gasteiger partial charge in [0.1, 0.15) is 24.7 Å². The molecule has 100 valence electrons. The summed E-state index contributed by atoms with van der Waals surface area (Å²) < 4.78 is 11.4. The molecule has 0 saturated carbocycles. The topological polar surface area (TPSA) is 43.4 Å².